The van der Waals surface area contributed by atoms with Crippen molar-refractivity contribution < 1.29 is 19.0 Å². The van der Waals surface area contributed by atoms with Crippen LogP contribution in [0.4, 0.5) is 4.79 Å². The number of rotatable bonds is 5. The zero-order valence-corrected chi connectivity index (χ0v) is 14.8. The van der Waals surface area contributed by atoms with E-state index in [-0.39, 0.29) is 18.2 Å². The lowest BCUT2D eigenvalue weighted by Gasteiger charge is -2.20. The Hall–Kier alpha value is -2.44. The van der Waals surface area contributed by atoms with Gasteiger partial charge in [0.1, 0.15) is 0 Å². The Morgan fingerprint density at radius 3 is 2.50 bits per heavy atom. The lowest BCUT2D eigenvalue weighted by atomic mass is 10.1. The zero-order chi connectivity index (χ0) is 17.7. The molecule has 1 aromatic rings. The molecule has 0 radical (unpaired) electrons. The Morgan fingerprint density at radius 1 is 1.21 bits per heavy atom. The second kappa shape index (κ2) is 7.90. The summed E-state index contributed by atoms with van der Waals surface area (Å²) in [6.07, 6.45) is -0.445. The molecule has 1 atom stereocenters. The van der Waals surface area contributed by atoms with Crippen LogP contribution in [0.25, 0.3) is 0 Å². The largest absolute Gasteiger partial charge is 0.487 e. The number of alkyl carbamates (subject to hydrolysis) is 1. The highest BCUT2D eigenvalue weighted by Gasteiger charge is 2.22. The molecule has 0 spiro atoms. The van der Waals surface area contributed by atoms with Crippen molar-refractivity contribution in [1.82, 2.24) is 10.6 Å². The van der Waals surface area contributed by atoms with Crippen molar-refractivity contribution in [2.24, 2.45) is 4.99 Å². The van der Waals surface area contributed by atoms with Crippen LogP contribution >= 0.6 is 0 Å². The summed E-state index contributed by atoms with van der Waals surface area (Å²) in [6, 6.07) is 5.78. The molecule has 2 N–H and O–H groups in total. The predicted molar refractivity (Wildman–Crippen MR) is 91.7 cm³/mol. The molecular formula is C17H25N3O4. The number of hydrogen-bond acceptors (Lipinski definition) is 6. The van der Waals surface area contributed by atoms with Gasteiger partial charge in [-0.25, -0.2) is 4.79 Å². The van der Waals surface area contributed by atoms with Gasteiger partial charge < -0.3 is 19.5 Å². The number of nitrogens with one attached hydrogen (secondary N) is 2. The first-order valence-electron chi connectivity index (χ1n) is 8.02. The minimum atomic E-state index is -0.550. The zero-order valence-electron chi connectivity index (χ0n) is 14.8. The highest BCUT2D eigenvalue weighted by atomic mass is 16.5. The number of hydrogen-bond donors (Lipinski definition) is 2. The Labute approximate surface area is 142 Å². The highest BCUT2D eigenvalue weighted by Crippen LogP contribution is 2.33. The molecule has 2 rings (SSSR count). The summed E-state index contributed by atoms with van der Waals surface area (Å²) in [4.78, 5) is 15.5. The molecule has 1 aliphatic rings. The molecule has 0 aromatic heterocycles. The molecule has 1 amide bonds. The van der Waals surface area contributed by atoms with Crippen LogP contribution in [0.1, 0.15) is 39.3 Å². The first-order chi connectivity index (χ1) is 11.4. The van der Waals surface area contributed by atoms with Gasteiger partial charge in [0.05, 0.1) is 31.9 Å². The average molecular weight is 335 g/mol. The Balaban J connectivity index is 2.12. The Kier molecular flexibility index (Phi) is 5.89. The number of guanidine groups is 1. The summed E-state index contributed by atoms with van der Waals surface area (Å²) >= 11 is 0. The van der Waals surface area contributed by atoms with Crippen molar-refractivity contribution in [3.63, 3.8) is 0 Å². The normalized spacial score (nSPS) is 16.6. The summed E-state index contributed by atoms with van der Waals surface area (Å²) in [6.45, 7) is 8.42. The average Bonchev–Trinajstić information content (AvgIpc) is 2.96. The third-order valence-corrected chi connectivity index (χ3v) is 3.24. The van der Waals surface area contributed by atoms with Crippen molar-refractivity contribution in [3.05, 3.63) is 23.8 Å². The summed E-state index contributed by atoms with van der Waals surface area (Å²) in [5, 5.41) is 5.69. The topological polar surface area (TPSA) is 81.2 Å². The van der Waals surface area contributed by atoms with E-state index in [1.807, 2.05) is 45.9 Å². The number of amides is 1. The fourth-order valence-corrected chi connectivity index (χ4v) is 2.29. The maximum Gasteiger partial charge on any atom is 0.413 e. The summed E-state index contributed by atoms with van der Waals surface area (Å²) in [5.41, 5.74) is 1.01. The van der Waals surface area contributed by atoms with Crippen LogP contribution in [0.2, 0.25) is 0 Å². The van der Waals surface area contributed by atoms with Crippen molar-refractivity contribution in [1.29, 1.82) is 0 Å². The van der Waals surface area contributed by atoms with E-state index in [4.69, 9.17) is 9.47 Å². The lowest BCUT2D eigenvalue weighted by molar-refractivity contribution is 0.176. The second-order valence-electron chi connectivity index (χ2n) is 6.04. The molecule has 1 aromatic carbocycles. The van der Waals surface area contributed by atoms with Crippen LogP contribution in [0.15, 0.2) is 23.2 Å². The van der Waals surface area contributed by atoms with Crippen LogP contribution in [-0.4, -0.2) is 37.9 Å². The minimum absolute atomic E-state index is 0.0408. The number of nitrogens with zero attached hydrogens (tertiary/aromatic N) is 1. The third-order valence-electron chi connectivity index (χ3n) is 3.24. The fourth-order valence-electron chi connectivity index (χ4n) is 2.29. The highest BCUT2D eigenvalue weighted by molar-refractivity contribution is 5.95. The third kappa shape index (κ3) is 4.78. The van der Waals surface area contributed by atoms with Crippen molar-refractivity contribution in [2.75, 3.05) is 13.7 Å². The monoisotopic (exact) mass is 335 g/mol. The maximum atomic E-state index is 11.2. The van der Waals surface area contributed by atoms with Crippen molar-refractivity contribution >= 4 is 12.1 Å². The molecule has 24 heavy (non-hydrogen) atoms. The number of carbonyl (C=O) groups excluding carboxylic acids is 1. The smallest absolute Gasteiger partial charge is 0.413 e. The molecule has 7 heteroatoms. The second-order valence-corrected chi connectivity index (χ2v) is 6.04. The van der Waals surface area contributed by atoms with Crippen LogP contribution < -0.4 is 20.1 Å². The quantitative estimate of drug-likeness (QED) is 0.864. The molecule has 1 aliphatic heterocycles. The predicted octanol–water partition coefficient (Wildman–Crippen LogP) is 2.62. The molecule has 0 bridgehead atoms. The molecule has 1 unspecified atom stereocenters. The van der Waals surface area contributed by atoms with Crippen LogP contribution in [0.5, 0.6) is 11.5 Å². The van der Waals surface area contributed by atoms with E-state index in [2.05, 4.69) is 20.4 Å². The van der Waals surface area contributed by atoms with Gasteiger partial charge in [0, 0.05) is 0 Å². The van der Waals surface area contributed by atoms with Gasteiger partial charge in [-0.3, -0.25) is 10.3 Å². The van der Waals surface area contributed by atoms with Crippen molar-refractivity contribution in [3.8, 4) is 11.5 Å². The van der Waals surface area contributed by atoms with Gasteiger partial charge in [0.2, 0.25) is 5.96 Å². The first-order valence-corrected chi connectivity index (χ1v) is 8.02. The van der Waals surface area contributed by atoms with Gasteiger partial charge in [-0.15, -0.1) is 0 Å². The summed E-state index contributed by atoms with van der Waals surface area (Å²) in [7, 11) is 1.31. The number of aliphatic imine (C=N–C) groups is 1. The van der Waals surface area contributed by atoms with Crippen LogP contribution in [-0.2, 0) is 4.74 Å². The van der Waals surface area contributed by atoms with Crippen molar-refractivity contribution in [2.45, 2.75) is 45.9 Å². The molecule has 0 saturated carbocycles. The van der Waals surface area contributed by atoms with E-state index in [1.54, 1.807) is 0 Å². The Morgan fingerprint density at radius 2 is 1.88 bits per heavy atom. The number of ether oxygens (including phenoxy) is 3. The molecular weight excluding hydrogens is 310 g/mol. The minimum Gasteiger partial charge on any atom is -0.487 e. The van der Waals surface area contributed by atoms with Gasteiger partial charge in [-0.1, -0.05) is 6.07 Å². The summed E-state index contributed by atoms with van der Waals surface area (Å²) in [5.74, 6) is 1.82. The Bertz CT molecular complexity index is 614. The van der Waals surface area contributed by atoms with E-state index < -0.39 is 6.09 Å². The van der Waals surface area contributed by atoms with E-state index in [1.165, 1.54) is 7.11 Å². The first kappa shape index (κ1) is 17.9. The molecule has 7 nitrogen and oxygen atoms in total. The molecule has 132 valence electrons. The van der Waals surface area contributed by atoms with E-state index in [0.29, 0.717) is 24.0 Å². The summed E-state index contributed by atoms with van der Waals surface area (Å²) < 4.78 is 16.2. The van der Waals surface area contributed by atoms with Crippen LogP contribution in [0.3, 0.4) is 0 Å². The standard InChI is InChI=1S/C17H25N3O4/c1-10(2)23-14-7-6-12(8-15(14)24-11(3)4)13-9-18-16(19-13)20-17(21)22-5/h6-8,10-11,13H,9H2,1-5H3,(H2,18,19,20,21). The fraction of sp³-hybridized carbons (Fsp3) is 0.529. The van der Waals surface area contributed by atoms with Gasteiger partial charge in [-0.05, 0) is 45.4 Å². The number of benzene rings is 1. The van der Waals surface area contributed by atoms with E-state index in [9.17, 15) is 4.79 Å². The SMILES string of the molecule is COC(=O)NC1=NCC(c2ccc(OC(C)C)c(OC(C)C)c2)N1. The van der Waals surface area contributed by atoms with Gasteiger partial charge >= 0.3 is 6.09 Å². The molecule has 1 heterocycles. The molecule has 0 saturated heterocycles. The van der Waals surface area contributed by atoms with Gasteiger partial charge in [0.15, 0.2) is 11.5 Å². The van der Waals surface area contributed by atoms with Gasteiger partial charge in [0.25, 0.3) is 0 Å². The van der Waals surface area contributed by atoms with E-state index in [0.717, 1.165) is 5.56 Å². The lowest BCUT2D eigenvalue weighted by Crippen LogP contribution is -2.39. The molecule has 0 fully saturated rings. The van der Waals surface area contributed by atoms with Gasteiger partial charge in [-0.2, -0.15) is 0 Å². The van der Waals surface area contributed by atoms with E-state index >= 15 is 0 Å². The number of methoxy groups -OCH3 is 1. The maximum absolute atomic E-state index is 11.2. The van der Waals surface area contributed by atoms with Crippen LogP contribution in [0, 0.1) is 0 Å². The molecule has 0 aliphatic carbocycles. The number of carbonyl (C=O) groups is 1.